The average molecular weight is 371 g/mol. The van der Waals surface area contributed by atoms with Crippen LogP contribution in [0.1, 0.15) is 55.3 Å². The largest absolute Gasteiger partial charge is 0.480 e. The third-order valence-corrected chi connectivity index (χ3v) is 4.95. The Labute approximate surface area is 158 Å². The summed E-state index contributed by atoms with van der Waals surface area (Å²) < 4.78 is 5.27. The van der Waals surface area contributed by atoms with Crippen LogP contribution in [0.3, 0.4) is 0 Å². The van der Waals surface area contributed by atoms with Crippen molar-refractivity contribution in [2.75, 3.05) is 13.1 Å². The second kappa shape index (κ2) is 9.30. The van der Waals surface area contributed by atoms with E-state index in [1.54, 1.807) is 0 Å². The van der Waals surface area contributed by atoms with E-state index < -0.39 is 5.97 Å². The minimum atomic E-state index is -1.02. The molecule has 2 aromatic rings. The van der Waals surface area contributed by atoms with Gasteiger partial charge in [0.1, 0.15) is 6.54 Å². The van der Waals surface area contributed by atoms with Crippen LogP contribution in [0.4, 0.5) is 0 Å². The molecule has 1 amide bonds. The average Bonchev–Trinajstić information content (AvgIpc) is 3.35. The van der Waals surface area contributed by atoms with Crippen LogP contribution in [-0.4, -0.2) is 45.1 Å². The molecule has 1 saturated carbocycles. The first-order valence-electron chi connectivity index (χ1n) is 9.48. The van der Waals surface area contributed by atoms with Crippen molar-refractivity contribution in [3.05, 3.63) is 47.6 Å². The summed E-state index contributed by atoms with van der Waals surface area (Å²) in [5, 5.41) is 13.1. The van der Waals surface area contributed by atoms with Crippen LogP contribution >= 0.6 is 0 Å². The van der Waals surface area contributed by atoms with E-state index >= 15 is 0 Å². The highest BCUT2D eigenvalue weighted by molar-refractivity contribution is 5.81. The molecule has 1 N–H and O–H groups in total. The van der Waals surface area contributed by atoms with Gasteiger partial charge < -0.3 is 14.5 Å². The highest BCUT2D eigenvalue weighted by atomic mass is 16.5. The predicted octanol–water partition coefficient (Wildman–Crippen LogP) is 2.82. The van der Waals surface area contributed by atoms with Gasteiger partial charge in [-0.2, -0.15) is 4.98 Å². The molecule has 0 bridgehead atoms. The molecular formula is C20H25N3O4. The zero-order chi connectivity index (χ0) is 19.1. The molecule has 27 heavy (non-hydrogen) atoms. The zero-order valence-corrected chi connectivity index (χ0v) is 15.3. The molecule has 3 rings (SSSR count). The lowest BCUT2D eigenvalue weighted by molar-refractivity contribution is -0.144. The first-order valence-corrected chi connectivity index (χ1v) is 9.48. The molecular weight excluding hydrogens is 346 g/mol. The van der Waals surface area contributed by atoms with E-state index in [4.69, 9.17) is 9.63 Å². The molecule has 7 nitrogen and oxygen atoms in total. The summed E-state index contributed by atoms with van der Waals surface area (Å²) in [6, 6.07) is 9.71. The van der Waals surface area contributed by atoms with Crippen molar-refractivity contribution in [1.29, 1.82) is 0 Å². The van der Waals surface area contributed by atoms with Gasteiger partial charge in [0.2, 0.25) is 11.8 Å². The molecule has 1 aliphatic rings. The molecule has 1 heterocycles. The lowest BCUT2D eigenvalue weighted by Crippen LogP contribution is -2.37. The van der Waals surface area contributed by atoms with Crippen LogP contribution in [0.2, 0.25) is 0 Å². The molecule has 144 valence electrons. The quantitative estimate of drug-likeness (QED) is 0.728. The molecule has 0 saturated heterocycles. The standard InChI is InChI=1S/C20H25N3O4/c24-18(11-10-17-21-20(22-27-17)16-8-4-5-9-16)23(14-19(25)26)13-12-15-6-2-1-3-7-15/h1-3,6-7,16H,4-5,8-14H2,(H,25,26). The van der Waals surface area contributed by atoms with Crippen LogP contribution in [0.25, 0.3) is 0 Å². The van der Waals surface area contributed by atoms with E-state index in [-0.39, 0.29) is 18.9 Å². The fourth-order valence-electron chi connectivity index (χ4n) is 3.46. The van der Waals surface area contributed by atoms with E-state index in [0.717, 1.165) is 24.2 Å². The lowest BCUT2D eigenvalue weighted by atomic mass is 10.1. The number of aliphatic carboxylic acids is 1. The van der Waals surface area contributed by atoms with Crippen molar-refractivity contribution in [1.82, 2.24) is 15.0 Å². The van der Waals surface area contributed by atoms with Crippen molar-refractivity contribution in [3.8, 4) is 0 Å². The third-order valence-electron chi connectivity index (χ3n) is 4.95. The fraction of sp³-hybridized carbons (Fsp3) is 0.500. The van der Waals surface area contributed by atoms with Crippen molar-refractivity contribution in [3.63, 3.8) is 0 Å². The van der Waals surface area contributed by atoms with Gasteiger partial charge in [-0.05, 0) is 24.8 Å². The van der Waals surface area contributed by atoms with E-state index in [1.807, 2.05) is 30.3 Å². The van der Waals surface area contributed by atoms with Crippen molar-refractivity contribution in [2.45, 2.75) is 50.9 Å². The van der Waals surface area contributed by atoms with Gasteiger partial charge >= 0.3 is 5.97 Å². The highest BCUT2D eigenvalue weighted by Gasteiger charge is 2.23. The summed E-state index contributed by atoms with van der Waals surface area (Å²) in [5.41, 5.74) is 1.07. The minimum absolute atomic E-state index is 0.161. The number of aryl methyl sites for hydroxylation is 1. The molecule has 7 heteroatoms. The number of carbonyl (C=O) groups is 2. The van der Waals surface area contributed by atoms with Crippen molar-refractivity contribution in [2.24, 2.45) is 0 Å². The Balaban J connectivity index is 1.53. The molecule has 0 spiro atoms. The van der Waals surface area contributed by atoms with E-state index in [0.29, 0.717) is 31.2 Å². The Morgan fingerprint density at radius 1 is 1.15 bits per heavy atom. The normalized spacial score (nSPS) is 14.4. The maximum absolute atomic E-state index is 12.5. The Hall–Kier alpha value is -2.70. The maximum Gasteiger partial charge on any atom is 0.323 e. The molecule has 1 fully saturated rings. The first-order chi connectivity index (χ1) is 13.1. The van der Waals surface area contributed by atoms with E-state index in [9.17, 15) is 9.59 Å². The van der Waals surface area contributed by atoms with Crippen LogP contribution in [-0.2, 0) is 22.4 Å². The third kappa shape index (κ3) is 5.64. The second-order valence-electron chi connectivity index (χ2n) is 6.97. The number of hydrogen-bond acceptors (Lipinski definition) is 5. The SMILES string of the molecule is O=C(O)CN(CCc1ccccc1)C(=O)CCc1nc(C2CCCC2)no1. The Bertz CT molecular complexity index is 754. The Morgan fingerprint density at radius 2 is 1.89 bits per heavy atom. The summed E-state index contributed by atoms with van der Waals surface area (Å²) in [5.74, 6) is 0.323. The number of hydrogen-bond donors (Lipinski definition) is 1. The van der Waals surface area contributed by atoms with Crippen LogP contribution in [0.15, 0.2) is 34.9 Å². The number of carboxylic acid groups (broad SMARTS) is 1. The van der Waals surface area contributed by atoms with Crippen LogP contribution in [0, 0.1) is 0 Å². The van der Waals surface area contributed by atoms with Crippen molar-refractivity contribution >= 4 is 11.9 Å². The molecule has 1 aliphatic carbocycles. The van der Waals surface area contributed by atoms with Gasteiger partial charge in [0, 0.05) is 25.3 Å². The van der Waals surface area contributed by atoms with Gasteiger partial charge in [-0.25, -0.2) is 0 Å². The predicted molar refractivity (Wildman–Crippen MR) is 98.2 cm³/mol. The Morgan fingerprint density at radius 3 is 2.59 bits per heavy atom. The smallest absolute Gasteiger partial charge is 0.323 e. The summed E-state index contributed by atoms with van der Waals surface area (Å²) in [6.07, 6.45) is 5.67. The summed E-state index contributed by atoms with van der Waals surface area (Å²) in [7, 11) is 0. The molecule has 0 radical (unpaired) electrons. The summed E-state index contributed by atoms with van der Waals surface area (Å²) >= 11 is 0. The van der Waals surface area contributed by atoms with E-state index in [2.05, 4.69) is 10.1 Å². The monoisotopic (exact) mass is 371 g/mol. The van der Waals surface area contributed by atoms with Gasteiger partial charge in [-0.15, -0.1) is 0 Å². The minimum Gasteiger partial charge on any atom is -0.480 e. The van der Waals surface area contributed by atoms with E-state index in [1.165, 1.54) is 17.7 Å². The number of rotatable bonds is 9. The first kappa shape index (κ1) is 19.1. The van der Waals surface area contributed by atoms with Gasteiger partial charge in [-0.1, -0.05) is 48.3 Å². The number of aromatic nitrogens is 2. The van der Waals surface area contributed by atoms with Crippen LogP contribution in [0.5, 0.6) is 0 Å². The van der Waals surface area contributed by atoms with Gasteiger partial charge in [0.05, 0.1) is 0 Å². The molecule has 0 atom stereocenters. The number of nitrogens with zero attached hydrogens (tertiary/aromatic N) is 3. The van der Waals surface area contributed by atoms with Crippen molar-refractivity contribution < 1.29 is 19.2 Å². The number of carboxylic acids is 1. The Kier molecular flexibility index (Phi) is 6.57. The zero-order valence-electron chi connectivity index (χ0n) is 15.3. The number of carbonyl (C=O) groups excluding carboxylic acids is 1. The maximum atomic E-state index is 12.5. The number of amides is 1. The second-order valence-corrected chi connectivity index (χ2v) is 6.97. The molecule has 0 aliphatic heterocycles. The molecule has 0 unspecified atom stereocenters. The topological polar surface area (TPSA) is 96.5 Å². The molecule has 1 aromatic carbocycles. The molecule has 1 aromatic heterocycles. The highest BCUT2D eigenvalue weighted by Crippen LogP contribution is 2.32. The fourth-order valence-corrected chi connectivity index (χ4v) is 3.46. The van der Waals surface area contributed by atoms with Gasteiger partial charge in [-0.3, -0.25) is 9.59 Å². The van der Waals surface area contributed by atoms with Crippen LogP contribution < -0.4 is 0 Å². The number of benzene rings is 1. The summed E-state index contributed by atoms with van der Waals surface area (Å²) in [4.78, 5) is 29.4. The van der Waals surface area contributed by atoms with Gasteiger partial charge in [0.25, 0.3) is 0 Å². The van der Waals surface area contributed by atoms with Gasteiger partial charge in [0.15, 0.2) is 5.82 Å². The lowest BCUT2D eigenvalue weighted by Gasteiger charge is -2.20. The summed E-state index contributed by atoms with van der Waals surface area (Å²) in [6.45, 7) is 0.0646.